The van der Waals surface area contributed by atoms with Crippen LogP contribution in [-0.2, 0) is 19.7 Å². The van der Waals surface area contributed by atoms with E-state index in [-0.39, 0.29) is 10.8 Å². The third-order valence-electron chi connectivity index (χ3n) is 3.67. The van der Waals surface area contributed by atoms with Crippen LogP contribution < -0.4 is 4.89 Å². The number of sulfonamides is 1. The Morgan fingerprint density at radius 2 is 2.00 bits per heavy atom. The zero-order valence-electron chi connectivity index (χ0n) is 11.9. The monoisotopic (exact) mass is 339 g/mol. The van der Waals surface area contributed by atoms with Crippen LogP contribution in [0.4, 0.5) is 4.39 Å². The lowest BCUT2D eigenvalue weighted by molar-refractivity contribution is -0.154. The number of aliphatic carboxylic acids is 1. The molecule has 1 atom stereocenters. The fourth-order valence-corrected chi connectivity index (χ4v) is 3.17. The molecule has 2 N–H and O–H groups in total. The third-order valence-corrected chi connectivity index (χ3v) is 4.85. The molecule has 6 nitrogen and oxygen atoms in total. The Hall–Kier alpha value is -2.03. The van der Waals surface area contributed by atoms with Gasteiger partial charge in [0.25, 0.3) is 10.0 Å². The molecule has 0 spiro atoms. The standard InChI is InChI=1S/C15H14FNO5S/c16-13-8-11(7-10-3-1-2-4-12(10)13)23(20,21)17-22-14(15(18)19)9-5-6-9/h1-4,7-9,14,17H,5-6H2,(H,18,19). The van der Waals surface area contributed by atoms with E-state index in [0.717, 1.165) is 6.07 Å². The average Bonchev–Trinajstić information content (AvgIpc) is 3.32. The summed E-state index contributed by atoms with van der Waals surface area (Å²) >= 11 is 0. The molecule has 1 aliphatic carbocycles. The van der Waals surface area contributed by atoms with Gasteiger partial charge in [-0.25, -0.2) is 17.6 Å². The molecule has 1 fully saturated rings. The Labute approximate surface area is 131 Å². The summed E-state index contributed by atoms with van der Waals surface area (Å²) in [6, 6.07) is 8.61. The topological polar surface area (TPSA) is 92.7 Å². The molecule has 1 unspecified atom stereocenters. The van der Waals surface area contributed by atoms with Crippen molar-refractivity contribution in [3.8, 4) is 0 Å². The number of rotatable bonds is 6. The van der Waals surface area contributed by atoms with Gasteiger partial charge in [0.15, 0.2) is 6.10 Å². The van der Waals surface area contributed by atoms with Gasteiger partial charge in [0.1, 0.15) is 5.82 Å². The van der Waals surface area contributed by atoms with E-state index in [0.29, 0.717) is 23.6 Å². The van der Waals surface area contributed by atoms with Crippen LogP contribution in [-0.4, -0.2) is 25.6 Å². The second kappa shape index (κ2) is 5.88. The molecule has 0 bridgehead atoms. The van der Waals surface area contributed by atoms with Crippen molar-refractivity contribution in [2.75, 3.05) is 0 Å². The van der Waals surface area contributed by atoms with Crippen molar-refractivity contribution in [1.29, 1.82) is 0 Å². The fourth-order valence-electron chi connectivity index (χ4n) is 2.30. The van der Waals surface area contributed by atoms with Crippen LogP contribution in [0.3, 0.4) is 0 Å². The number of hydrogen-bond acceptors (Lipinski definition) is 4. The van der Waals surface area contributed by atoms with Gasteiger partial charge in [-0.3, -0.25) is 4.84 Å². The first kappa shape index (κ1) is 15.9. The number of benzene rings is 2. The molecule has 0 aliphatic heterocycles. The van der Waals surface area contributed by atoms with Crippen molar-refractivity contribution < 1.29 is 27.5 Å². The summed E-state index contributed by atoms with van der Waals surface area (Å²) in [5.74, 6) is -2.12. The predicted molar refractivity (Wildman–Crippen MR) is 79.5 cm³/mol. The summed E-state index contributed by atoms with van der Waals surface area (Å²) in [7, 11) is -4.18. The molecule has 0 radical (unpaired) electrons. The number of carboxylic acids is 1. The lowest BCUT2D eigenvalue weighted by atomic mass is 10.1. The molecule has 2 aromatic rings. The minimum absolute atomic E-state index is 0.205. The van der Waals surface area contributed by atoms with Crippen molar-refractivity contribution in [3.63, 3.8) is 0 Å². The van der Waals surface area contributed by atoms with E-state index < -0.39 is 27.9 Å². The van der Waals surface area contributed by atoms with Gasteiger partial charge >= 0.3 is 5.97 Å². The fraction of sp³-hybridized carbons (Fsp3) is 0.267. The summed E-state index contributed by atoms with van der Waals surface area (Å²) in [5.41, 5.74) is 0. The number of carbonyl (C=O) groups is 1. The van der Waals surface area contributed by atoms with Crippen LogP contribution in [0.1, 0.15) is 12.8 Å². The van der Waals surface area contributed by atoms with Gasteiger partial charge in [-0.2, -0.15) is 0 Å². The molecule has 122 valence electrons. The maximum atomic E-state index is 14.0. The molecule has 0 amide bonds. The Kier molecular flexibility index (Phi) is 4.05. The van der Waals surface area contributed by atoms with Gasteiger partial charge in [-0.15, -0.1) is 0 Å². The SMILES string of the molecule is O=C(O)C(ONS(=O)(=O)c1cc(F)c2ccccc2c1)C1CC1. The maximum Gasteiger partial charge on any atom is 0.335 e. The normalized spacial score (nSPS) is 16.4. The van der Waals surface area contributed by atoms with Crippen molar-refractivity contribution in [1.82, 2.24) is 4.89 Å². The van der Waals surface area contributed by atoms with E-state index in [1.807, 2.05) is 0 Å². The molecular formula is C15H14FNO5S. The second-order valence-electron chi connectivity index (χ2n) is 5.43. The number of carboxylic acid groups (broad SMARTS) is 1. The predicted octanol–water partition coefficient (Wildman–Crippen LogP) is 2.05. The van der Waals surface area contributed by atoms with Crippen LogP contribution in [0.2, 0.25) is 0 Å². The Balaban J connectivity index is 1.86. The molecule has 0 heterocycles. The summed E-state index contributed by atoms with van der Waals surface area (Å²) in [4.78, 5) is 17.4. The highest BCUT2D eigenvalue weighted by atomic mass is 32.2. The van der Waals surface area contributed by atoms with Crippen LogP contribution >= 0.6 is 0 Å². The van der Waals surface area contributed by atoms with Crippen molar-refractivity contribution in [2.24, 2.45) is 5.92 Å². The van der Waals surface area contributed by atoms with Gasteiger partial charge in [-0.1, -0.05) is 29.2 Å². The van der Waals surface area contributed by atoms with E-state index in [9.17, 15) is 17.6 Å². The number of fused-ring (bicyclic) bond motifs is 1. The Morgan fingerprint density at radius 3 is 2.65 bits per heavy atom. The lowest BCUT2D eigenvalue weighted by Gasteiger charge is -2.13. The van der Waals surface area contributed by atoms with Gasteiger partial charge in [0.2, 0.25) is 0 Å². The molecular weight excluding hydrogens is 325 g/mol. The molecule has 3 rings (SSSR count). The van der Waals surface area contributed by atoms with Gasteiger partial charge < -0.3 is 5.11 Å². The number of nitrogens with one attached hydrogen (secondary N) is 1. The number of hydrogen-bond donors (Lipinski definition) is 2. The molecule has 0 aromatic heterocycles. The zero-order chi connectivity index (χ0) is 16.6. The van der Waals surface area contributed by atoms with Crippen molar-refractivity contribution in [3.05, 3.63) is 42.2 Å². The Bertz CT molecular complexity index is 863. The van der Waals surface area contributed by atoms with Crippen LogP contribution in [0.15, 0.2) is 41.3 Å². The second-order valence-corrected chi connectivity index (χ2v) is 7.07. The van der Waals surface area contributed by atoms with Crippen molar-refractivity contribution in [2.45, 2.75) is 23.8 Å². The maximum absolute atomic E-state index is 14.0. The summed E-state index contributed by atoms with van der Waals surface area (Å²) < 4.78 is 38.4. The Morgan fingerprint density at radius 1 is 1.30 bits per heavy atom. The van der Waals surface area contributed by atoms with Crippen molar-refractivity contribution >= 4 is 26.8 Å². The quantitative estimate of drug-likeness (QED) is 0.786. The van der Waals surface area contributed by atoms with E-state index >= 15 is 0 Å². The van der Waals surface area contributed by atoms with E-state index in [1.165, 1.54) is 6.07 Å². The summed E-state index contributed by atoms with van der Waals surface area (Å²) in [5, 5.41) is 9.74. The first-order valence-corrected chi connectivity index (χ1v) is 8.45. The van der Waals surface area contributed by atoms with E-state index in [4.69, 9.17) is 9.94 Å². The van der Waals surface area contributed by atoms with Crippen LogP contribution in [0, 0.1) is 11.7 Å². The van der Waals surface area contributed by atoms with E-state index in [1.54, 1.807) is 29.2 Å². The number of halogens is 1. The minimum atomic E-state index is -4.18. The highest BCUT2D eigenvalue weighted by Crippen LogP contribution is 2.34. The zero-order valence-corrected chi connectivity index (χ0v) is 12.7. The molecule has 0 saturated heterocycles. The molecule has 8 heteroatoms. The van der Waals surface area contributed by atoms with Crippen LogP contribution in [0.5, 0.6) is 0 Å². The first-order chi connectivity index (χ1) is 10.9. The average molecular weight is 339 g/mol. The highest BCUT2D eigenvalue weighted by Gasteiger charge is 2.38. The summed E-state index contributed by atoms with van der Waals surface area (Å²) in [6.07, 6.45) is 0.0992. The van der Waals surface area contributed by atoms with Crippen LogP contribution in [0.25, 0.3) is 10.8 Å². The molecule has 1 aliphatic rings. The van der Waals surface area contributed by atoms with Gasteiger partial charge in [0, 0.05) is 5.39 Å². The third kappa shape index (κ3) is 3.34. The molecule has 1 saturated carbocycles. The smallest absolute Gasteiger partial charge is 0.335 e. The first-order valence-electron chi connectivity index (χ1n) is 6.97. The largest absolute Gasteiger partial charge is 0.479 e. The lowest BCUT2D eigenvalue weighted by Crippen LogP contribution is -2.35. The molecule has 23 heavy (non-hydrogen) atoms. The summed E-state index contributed by atoms with van der Waals surface area (Å²) in [6.45, 7) is 0. The van der Waals surface area contributed by atoms with Gasteiger partial charge in [-0.05, 0) is 36.3 Å². The molecule has 2 aromatic carbocycles. The highest BCUT2D eigenvalue weighted by molar-refractivity contribution is 7.89. The van der Waals surface area contributed by atoms with Gasteiger partial charge in [0.05, 0.1) is 4.90 Å². The minimum Gasteiger partial charge on any atom is -0.479 e. The van der Waals surface area contributed by atoms with E-state index in [2.05, 4.69) is 0 Å².